The Morgan fingerprint density at radius 3 is 2.74 bits per heavy atom. The summed E-state index contributed by atoms with van der Waals surface area (Å²) in [6.45, 7) is 2.35. The average molecular weight is 580 g/mol. The molecule has 1 amide bonds. The van der Waals surface area contributed by atoms with Gasteiger partial charge in [0.1, 0.15) is 15.0 Å². The van der Waals surface area contributed by atoms with E-state index < -0.39 is 0 Å². The van der Waals surface area contributed by atoms with E-state index in [-0.39, 0.29) is 24.8 Å². The van der Waals surface area contributed by atoms with Gasteiger partial charge in [-0.15, -0.1) is 0 Å². The van der Waals surface area contributed by atoms with Crippen LogP contribution in [0.15, 0.2) is 80.4 Å². The third kappa shape index (κ3) is 4.69. The quantitative estimate of drug-likeness (QED) is 0.163. The molecule has 2 aliphatic heterocycles. The van der Waals surface area contributed by atoms with Crippen molar-refractivity contribution in [1.29, 1.82) is 0 Å². The summed E-state index contributed by atoms with van der Waals surface area (Å²) in [5, 5.41) is 1.11. The van der Waals surface area contributed by atoms with Gasteiger partial charge in [-0.3, -0.25) is 18.9 Å². The average Bonchev–Trinajstić information content (AvgIpc) is 3.48. The summed E-state index contributed by atoms with van der Waals surface area (Å²) in [7, 11) is 0. The maximum atomic E-state index is 13.7. The monoisotopic (exact) mass is 579 g/mol. The second kappa shape index (κ2) is 10.1. The predicted octanol–water partition coefficient (Wildman–Crippen LogP) is 5.94. The highest BCUT2D eigenvalue weighted by molar-refractivity contribution is 8.26. The number of nitrogens with zero attached hydrogens (tertiary/aromatic N) is 3. The molecule has 2 aromatic carbocycles. The number of amides is 1. The maximum absolute atomic E-state index is 13.7. The van der Waals surface area contributed by atoms with Crippen molar-refractivity contribution in [1.82, 2.24) is 14.3 Å². The number of benzene rings is 2. The molecule has 0 bridgehead atoms. The van der Waals surface area contributed by atoms with Gasteiger partial charge >= 0.3 is 0 Å². The maximum Gasteiger partial charge on any atom is 0.266 e. The topological polar surface area (TPSA) is 73.1 Å². The molecule has 1 saturated heterocycles. The minimum atomic E-state index is -0.270. The van der Waals surface area contributed by atoms with Gasteiger partial charge in [-0.05, 0) is 66.6 Å². The Hall–Kier alpha value is -3.31. The minimum Gasteiger partial charge on any atom is -0.454 e. The lowest BCUT2D eigenvalue weighted by atomic mass is 10.2. The molecule has 2 aromatic heterocycles. The lowest BCUT2D eigenvalue weighted by molar-refractivity contribution is -0.122. The van der Waals surface area contributed by atoms with Crippen molar-refractivity contribution in [3.8, 4) is 11.5 Å². The molecular formula is C27H18ClN3O4S3. The molecule has 1 fully saturated rings. The summed E-state index contributed by atoms with van der Waals surface area (Å²) in [6, 6.07) is 16.5. The van der Waals surface area contributed by atoms with Crippen LogP contribution >= 0.6 is 47.3 Å². The van der Waals surface area contributed by atoms with E-state index in [1.807, 2.05) is 43.3 Å². The number of hydrogen-bond donors (Lipinski definition) is 0. The highest BCUT2D eigenvalue weighted by Gasteiger charge is 2.33. The number of carbonyl (C=O) groups is 1. The molecule has 0 N–H and O–H groups in total. The van der Waals surface area contributed by atoms with Crippen molar-refractivity contribution in [2.45, 2.75) is 23.4 Å². The van der Waals surface area contributed by atoms with Crippen LogP contribution in [0, 0.1) is 6.92 Å². The van der Waals surface area contributed by atoms with Gasteiger partial charge in [0.15, 0.2) is 11.5 Å². The molecule has 4 heterocycles. The first-order valence-corrected chi connectivity index (χ1v) is 13.9. The summed E-state index contributed by atoms with van der Waals surface area (Å²) in [6.07, 6.45) is 3.28. The van der Waals surface area contributed by atoms with E-state index in [2.05, 4.69) is 0 Å². The number of carbonyl (C=O) groups excluding carboxylic acids is 1. The molecule has 0 saturated carbocycles. The lowest BCUT2D eigenvalue weighted by Crippen LogP contribution is -2.27. The van der Waals surface area contributed by atoms with Crippen molar-refractivity contribution in [2.75, 3.05) is 6.79 Å². The van der Waals surface area contributed by atoms with Gasteiger partial charge in [-0.2, -0.15) is 0 Å². The fourth-order valence-electron chi connectivity index (χ4n) is 4.10. The smallest absolute Gasteiger partial charge is 0.266 e. The van der Waals surface area contributed by atoms with E-state index in [1.54, 1.807) is 30.5 Å². The number of ether oxygens (including phenoxy) is 2. The van der Waals surface area contributed by atoms with Crippen LogP contribution in [0.5, 0.6) is 11.5 Å². The largest absolute Gasteiger partial charge is 0.454 e. The molecule has 7 nitrogen and oxygen atoms in total. The predicted molar refractivity (Wildman–Crippen MR) is 153 cm³/mol. The Balaban J connectivity index is 1.38. The van der Waals surface area contributed by atoms with Crippen LogP contribution in [0.3, 0.4) is 0 Å². The van der Waals surface area contributed by atoms with Crippen molar-refractivity contribution < 1.29 is 14.3 Å². The molecule has 4 aromatic rings. The molecule has 0 radical (unpaired) electrons. The number of rotatable bonds is 5. The Labute approximate surface area is 236 Å². The van der Waals surface area contributed by atoms with Crippen LogP contribution in [0.4, 0.5) is 0 Å². The van der Waals surface area contributed by atoms with Gasteiger partial charge < -0.3 is 9.47 Å². The van der Waals surface area contributed by atoms with Gasteiger partial charge in [0.2, 0.25) is 6.79 Å². The molecule has 0 unspecified atom stereocenters. The minimum absolute atomic E-state index is 0.174. The van der Waals surface area contributed by atoms with E-state index in [4.69, 9.17) is 38.3 Å². The van der Waals surface area contributed by atoms with E-state index >= 15 is 0 Å². The molecule has 0 spiro atoms. The summed E-state index contributed by atoms with van der Waals surface area (Å²) in [5.74, 6) is 1.04. The molecule has 11 heteroatoms. The number of hydrogen-bond acceptors (Lipinski definition) is 8. The van der Waals surface area contributed by atoms with Gasteiger partial charge in [0.25, 0.3) is 11.5 Å². The van der Waals surface area contributed by atoms with Gasteiger partial charge in [0.05, 0.1) is 17.0 Å². The number of aryl methyl sites for hydroxylation is 1. The first-order chi connectivity index (χ1) is 18.4. The molecule has 2 aliphatic rings. The normalized spacial score (nSPS) is 15.7. The van der Waals surface area contributed by atoms with Crippen LogP contribution < -0.4 is 15.0 Å². The van der Waals surface area contributed by atoms with Crippen LogP contribution in [0.25, 0.3) is 11.7 Å². The SMILES string of the molecule is Cc1cccn2c(=O)c(/C=C3/SC(=S)N(Cc4ccc5c(c4)OCO5)C3=O)c(Sc3ccc(Cl)cc3)nc12. The van der Waals surface area contributed by atoms with Crippen molar-refractivity contribution in [2.24, 2.45) is 0 Å². The van der Waals surface area contributed by atoms with Crippen LogP contribution in [0.1, 0.15) is 16.7 Å². The molecule has 0 atom stereocenters. The Morgan fingerprint density at radius 2 is 1.92 bits per heavy atom. The molecular weight excluding hydrogens is 562 g/mol. The van der Waals surface area contributed by atoms with E-state index in [0.717, 1.165) is 16.0 Å². The zero-order chi connectivity index (χ0) is 26.4. The number of thioether (sulfide) groups is 1. The van der Waals surface area contributed by atoms with Crippen LogP contribution in [-0.4, -0.2) is 31.3 Å². The fraction of sp³-hybridized carbons (Fsp3) is 0.111. The Morgan fingerprint density at radius 1 is 1.13 bits per heavy atom. The first-order valence-electron chi connectivity index (χ1n) is 11.5. The van der Waals surface area contributed by atoms with Crippen LogP contribution in [-0.2, 0) is 11.3 Å². The Kier molecular flexibility index (Phi) is 6.65. The van der Waals surface area contributed by atoms with Crippen LogP contribution in [0.2, 0.25) is 5.02 Å². The summed E-state index contributed by atoms with van der Waals surface area (Å²) in [5.41, 5.74) is 2.33. The summed E-state index contributed by atoms with van der Waals surface area (Å²) >= 11 is 14.1. The summed E-state index contributed by atoms with van der Waals surface area (Å²) < 4.78 is 12.7. The van der Waals surface area contributed by atoms with Gasteiger partial charge in [-0.1, -0.05) is 59.5 Å². The van der Waals surface area contributed by atoms with Gasteiger partial charge in [0, 0.05) is 16.1 Å². The Bertz CT molecular complexity index is 1720. The van der Waals surface area contributed by atoms with E-state index in [1.165, 1.54) is 32.8 Å². The first kappa shape index (κ1) is 25.0. The summed E-state index contributed by atoms with van der Waals surface area (Å²) in [4.78, 5) is 34.7. The molecule has 0 aliphatic carbocycles. The van der Waals surface area contributed by atoms with Crippen molar-refractivity contribution in [3.63, 3.8) is 0 Å². The highest BCUT2D eigenvalue weighted by atomic mass is 35.5. The third-order valence-corrected chi connectivity index (χ3v) is 8.65. The second-order valence-corrected chi connectivity index (χ2v) is 11.7. The fourth-order valence-corrected chi connectivity index (χ4v) is 6.34. The second-order valence-electron chi connectivity index (χ2n) is 8.53. The molecule has 6 rings (SSSR count). The van der Waals surface area contributed by atoms with E-state index in [0.29, 0.717) is 42.0 Å². The zero-order valence-electron chi connectivity index (χ0n) is 19.8. The van der Waals surface area contributed by atoms with Gasteiger partial charge in [-0.25, -0.2) is 4.98 Å². The number of halogens is 1. The third-order valence-electron chi connectivity index (χ3n) is 6.00. The van der Waals surface area contributed by atoms with E-state index in [9.17, 15) is 9.59 Å². The number of thiocarbonyl (C=S) groups is 1. The molecule has 38 heavy (non-hydrogen) atoms. The lowest BCUT2D eigenvalue weighted by Gasteiger charge is -2.14. The standard InChI is InChI=1S/C27H18ClN3O4S3/c1-15-3-2-10-30-23(15)29-24(37-18-7-5-17(28)6-8-18)19(25(30)32)12-22-26(33)31(27(36)38-22)13-16-4-9-20-21(11-16)35-14-34-20/h2-12H,13-14H2,1H3/b22-12+. The zero-order valence-corrected chi connectivity index (χ0v) is 23.0. The number of pyridine rings is 1. The number of fused-ring (bicyclic) bond motifs is 2. The van der Waals surface area contributed by atoms with Crippen molar-refractivity contribution in [3.05, 3.63) is 97.8 Å². The highest BCUT2D eigenvalue weighted by Crippen LogP contribution is 2.38. The molecule has 190 valence electrons. The van der Waals surface area contributed by atoms with Crippen molar-refractivity contribution >= 4 is 69.3 Å². The number of aromatic nitrogens is 2.